The number of benzene rings is 2. The molecule has 16 heavy (non-hydrogen) atoms. The van der Waals surface area contributed by atoms with E-state index in [1.807, 2.05) is 0 Å². The van der Waals surface area contributed by atoms with Crippen molar-refractivity contribution in [3.8, 4) is 5.75 Å². The molecular weight excluding hydrogens is 239 g/mol. The van der Waals surface area contributed by atoms with E-state index in [9.17, 15) is 13.5 Å². The molecule has 0 spiro atoms. The van der Waals surface area contributed by atoms with Crippen LogP contribution in [0, 0.1) is 0 Å². The van der Waals surface area contributed by atoms with E-state index in [0.717, 1.165) is 0 Å². The molecule has 0 saturated heterocycles. The van der Waals surface area contributed by atoms with Gasteiger partial charge in [0.25, 0.3) is 10.1 Å². The van der Waals surface area contributed by atoms with E-state index in [-0.39, 0.29) is 41.6 Å². The summed E-state index contributed by atoms with van der Waals surface area (Å²) in [6, 6.07) is 8.73. The molecule has 0 radical (unpaired) electrons. The number of phenolic OH excluding ortho intramolecular Hbond substituents is 1. The van der Waals surface area contributed by atoms with Crippen LogP contribution in [0.2, 0.25) is 0 Å². The Morgan fingerprint density at radius 3 is 2.44 bits per heavy atom. The quantitative estimate of drug-likeness (QED) is 0.496. The average molecular weight is 248 g/mol. The van der Waals surface area contributed by atoms with Crippen molar-refractivity contribution >= 4 is 20.9 Å². The summed E-state index contributed by atoms with van der Waals surface area (Å²) in [5, 5.41) is 10.2. The number of hydrogen-bond acceptors (Lipinski definition) is 3. The van der Waals surface area contributed by atoms with Crippen LogP contribution in [-0.2, 0) is 10.1 Å². The molecule has 0 amide bonds. The molecule has 0 aliphatic heterocycles. The van der Waals surface area contributed by atoms with E-state index < -0.39 is 10.1 Å². The van der Waals surface area contributed by atoms with Crippen LogP contribution in [0.15, 0.2) is 41.3 Å². The van der Waals surface area contributed by atoms with Crippen LogP contribution in [0.5, 0.6) is 5.75 Å². The molecule has 0 fully saturated rings. The number of phenols is 1. The first kappa shape index (κ1) is 13.5. The second-order valence-electron chi connectivity index (χ2n) is 3.14. The standard InChI is InChI=1S/C10H8O4S.Na.H/c11-8-4-5-9-7(6-8)2-1-3-10(9)15(12,13)14;;/h1-6,11H,(H,12,13,14);;/q;+1;-1. The minimum Gasteiger partial charge on any atom is -1.00 e. The number of aromatic hydroxyl groups is 1. The van der Waals surface area contributed by atoms with Crippen LogP contribution in [0.25, 0.3) is 10.8 Å². The third-order valence-corrected chi connectivity index (χ3v) is 3.01. The first-order chi connectivity index (χ1) is 6.98. The molecule has 0 unspecified atom stereocenters. The third-order valence-electron chi connectivity index (χ3n) is 2.10. The summed E-state index contributed by atoms with van der Waals surface area (Å²) >= 11 is 0. The molecule has 0 bridgehead atoms. The van der Waals surface area contributed by atoms with E-state index in [4.69, 9.17) is 4.55 Å². The van der Waals surface area contributed by atoms with Crippen LogP contribution in [0.1, 0.15) is 1.43 Å². The minimum absolute atomic E-state index is 0. The monoisotopic (exact) mass is 248 g/mol. The van der Waals surface area contributed by atoms with Crippen molar-refractivity contribution in [1.82, 2.24) is 0 Å². The van der Waals surface area contributed by atoms with Gasteiger partial charge in [-0.2, -0.15) is 8.42 Å². The normalized spacial score (nSPS) is 11.1. The Labute approximate surface area is 116 Å². The maximum absolute atomic E-state index is 11.0. The predicted octanol–water partition coefficient (Wildman–Crippen LogP) is -1.09. The summed E-state index contributed by atoms with van der Waals surface area (Å²) < 4.78 is 31.0. The predicted molar refractivity (Wildman–Crippen MR) is 56.5 cm³/mol. The summed E-state index contributed by atoms with van der Waals surface area (Å²) in [4.78, 5) is -0.153. The van der Waals surface area contributed by atoms with Crippen LogP contribution in [0.3, 0.4) is 0 Å². The smallest absolute Gasteiger partial charge is 1.00 e. The zero-order valence-electron chi connectivity index (χ0n) is 9.58. The van der Waals surface area contributed by atoms with Crippen LogP contribution in [-0.4, -0.2) is 18.1 Å². The molecule has 0 aromatic heterocycles. The van der Waals surface area contributed by atoms with Gasteiger partial charge in [0, 0.05) is 5.39 Å². The Kier molecular flexibility index (Phi) is 3.98. The minimum atomic E-state index is -4.22. The van der Waals surface area contributed by atoms with Gasteiger partial charge in [-0.1, -0.05) is 12.1 Å². The fourth-order valence-electron chi connectivity index (χ4n) is 1.47. The van der Waals surface area contributed by atoms with Gasteiger partial charge in [0.15, 0.2) is 0 Å². The Balaban J connectivity index is 0.00000128. The molecule has 6 heteroatoms. The Hall–Kier alpha value is -0.590. The van der Waals surface area contributed by atoms with Gasteiger partial charge in [0.05, 0.1) is 0 Å². The molecule has 2 N–H and O–H groups in total. The van der Waals surface area contributed by atoms with E-state index in [0.29, 0.717) is 10.8 Å². The van der Waals surface area contributed by atoms with Crippen molar-refractivity contribution in [3.05, 3.63) is 36.4 Å². The van der Waals surface area contributed by atoms with E-state index in [2.05, 4.69) is 0 Å². The molecule has 80 valence electrons. The Morgan fingerprint density at radius 1 is 1.12 bits per heavy atom. The van der Waals surface area contributed by atoms with Crippen molar-refractivity contribution in [2.45, 2.75) is 4.90 Å². The Morgan fingerprint density at radius 2 is 1.81 bits per heavy atom. The maximum atomic E-state index is 11.0. The van der Waals surface area contributed by atoms with Gasteiger partial charge in [-0.25, -0.2) is 0 Å². The number of fused-ring (bicyclic) bond motifs is 1. The largest absolute Gasteiger partial charge is 1.00 e. The zero-order chi connectivity index (χ0) is 11.1. The molecule has 0 aliphatic carbocycles. The Bertz CT molecular complexity index is 627. The van der Waals surface area contributed by atoms with Crippen LogP contribution < -0.4 is 29.6 Å². The van der Waals surface area contributed by atoms with Crippen molar-refractivity contribution in [2.75, 3.05) is 0 Å². The summed E-state index contributed by atoms with van der Waals surface area (Å²) in [6.45, 7) is 0. The average Bonchev–Trinajstić information content (AvgIpc) is 2.15. The zero-order valence-corrected chi connectivity index (χ0v) is 11.4. The van der Waals surface area contributed by atoms with Gasteiger partial charge < -0.3 is 6.53 Å². The maximum Gasteiger partial charge on any atom is 1.00 e. The van der Waals surface area contributed by atoms with Gasteiger partial charge in [-0.3, -0.25) is 4.55 Å². The van der Waals surface area contributed by atoms with Crippen LogP contribution in [0.4, 0.5) is 0 Å². The first-order valence-electron chi connectivity index (χ1n) is 4.18. The fraction of sp³-hybridized carbons (Fsp3) is 0. The van der Waals surface area contributed by atoms with Crippen LogP contribution >= 0.6 is 0 Å². The summed E-state index contributed by atoms with van der Waals surface area (Å²) in [6.07, 6.45) is 0. The second kappa shape index (κ2) is 4.73. The first-order valence-corrected chi connectivity index (χ1v) is 5.62. The van der Waals surface area contributed by atoms with Crippen molar-refractivity contribution in [1.29, 1.82) is 0 Å². The molecule has 0 atom stereocenters. The van der Waals surface area contributed by atoms with E-state index >= 15 is 0 Å². The molecular formula is C10H9NaO4S. The molecule has 2 aromatic rings. The molecule has 2 rings (SSSR count). The summed E-state index contributed by atoms with van der Waals surface area (Å²) in [5.41, 5.74) is 0. The molecule has 0 aliphatic rings. The van der Waals surface area contributed by atoms with E-state index in [1.54, 1.807) is 6.07 Å². The summed E-state index contributed by atoms with van der Waals surface area (Å²) in [5.74, 6) is 0.0509. The topological polar surface area (TPSA) is 74.6 Å². The SMILES string of the molecule is O=S(=O)(O)c1cccc2cc(O)ccc12.[H-].[Na+]. The number of rotatable bonds is 1. The second-order valence-corrected chi connectivity index (χ2v) is 4.53. The van der Waals surface area contributed by atoms with Crippen molar-refractivity contribution < 1.29 is 49.1 Å². The van der Waals surface area contributed by atoms with E-state index in [1.165, 1.54) is 30.3 Å². The van der Waals surface area contributed by atoms with Gasteiger partial charge in [0.2, 0.25) is 0 Å². The molecule has 0 heterocycles. The van der Waals surface area contributed by atoms with Gasteiger partial charge in [0.1, 0.15) is 10.6 Å². The third kappa shape index (κ3) is 2.56. The van der Waals surface area contributed by atoms with Gasteiger partial charge >= 0.3 is 29.6 Å². The molecule has 0 saturated carbocycles. The molecule has 2 aromatic carbocycles. The van der Waals surface area contributed by atoms with Gasteiger partial charge in [-0.05, 0) is 29.7 Å². The summed E-state index contributed by atoms with van der Waals surface area (Å²) in [7, 11) is -4.22. The van der Waals surface area contributed by atoms with Crippen molar-refractivity contribution in [2.24, 2.45) is 0 Å². The van der Waals surface area contributed by atoms with Crippen molar-refractivity contribution in [3.63, 3.8) is 0 Å². The fourth-order valence-corrected chi connectivity index (χ4v) is 2.18. The number of hydrogen-bond donors (Lipinski definition) is 2. The van der Waals surface area contributed by atoms with Gasteiger partial charge in [-0.15, -0.1) is 0 Å². The molecule has 4 nitrogen and oxygen atoms in total.